The van der Waals surface area contributed by atoms with Crippen LogP contribution in [0.5, 0.6) is 17.2 Å². The van der Waals surface area contributed by atoms with Crippen LogP contribution in [0.3, 0.4) is 0 Å². The Bertz CT molecular complexity index is 1120. The van der Waals surface area contributed by atoms with Crippen molar-refractivity contribution in [3.63, 3.8) is 0 Å². The van der Waals surface area contributed by atoms with Gasteiger partial charge in [-0.1, -0.05) is 19.9 Å². The number of nitrogens with zero attached hydrogens (tertiary/aromatic N) is 1. The average molecular weight is 484 g/mol. The number of likely N-dealkylation sites (tertiary alicyclic amines) is 1. The van der Waals surface area contributed by atoms with E-state index in [9.17, 15) is 19.8 Å². The first-order valence-electron chi connectivity index (χ1n) is 11.7. The van der Waals surface area contributed by atoms with E-state index in [1.54, 1.807) is 44.2 Å². The molecule has 0 saturated carbocycles. The number of aliphatic hydroxyl groups is 1. The minimum atomic E-state index is -0.874. The molecule has 2 N–H and O–H groups in total. The van der Waals surface area contributed by atoms with Crippen molar-refractivity contribution in [1.82, 2.24) is 4.90 Å². The molecule has 8 nitrogen and oxygen atoms in total. The number of carbonyl (C=O) groups is 2. The Morgan fingerprint density at radius 2 is 1.86 bits per heavy atom. The van der Waals surface area contributed by atoms with Crippen LogP contribution in [0.1, 0.15) is 43.5 Å². The molecule has 8 heteroatoms. The molecular formula is C27H33NO7. The molecule has 1 unspecified atom stereocenters. The standard InChI is InChI=1S/C27H33NO7/c1-6-34-22-14-18(7-10-21(22)29)24-23(26(31)27(32)28(24)11-12-33-5)25(30)20-9-8-19(13-17(20)4)35-15-16(2)3/h7-10,13-14,16,24,29-30H,6,11-12,15H2,1-5H3/b25-23-. The summed E-state index contributed by atoms with van der Waals surface area (Å²) in [5.74, 6) is -0.596. The zero-order chi connectivity index (χ0) is 25.7. The Balaban J connectivity index is 2.12. The lowest BCUT2D eigenvalue weighted by Crippen LogP contribution is -2.32. The third-order valence-electron chi connectivity index (χ3n) is 5.71. The number of phenols is 1. The monoisotopic (exact) mass is 483 g/mol. The molecule has 0 spiro atoms. The Labute approximate surface area is 205 Å². The molecule has 1 atom stereocenters. The lowest BCUT2D eigenvalue weighted by Gasteiger charge is -2.25. The molecule has 1 aliphatic rings. The molecule has 2 aromatic carbocycles. The van der Waals surface area contributed by atoms with Gasteiger partial charge in [-0.2, -0.15) is 0 Å². The number of methoxy groups -OCH3 is 1. The summed E-state index contributed by atoms with van der Waals surface area (Å²) in [7, 11) is 1.51. The van der Waals surface area contributed by atoms with Crippen LogP contribution in [0.2, 0.25) is 0 Å². The van der Waals surface area contributed by atoms with Crippen LogP contribution in [0.4, 0.5) is 0 Å². The highest BCUT2D eigenvalue weighted by Crippen LogP contribution is 2.42. The van der Waals surface area contributed by atoms with Gasteiger partial charge in [0.05, 0.1) is 31.4 Å². The number of phenolic OH excluding ortho intramolecular Hbond substituents is 1. The third kappa shape index (κ3) is 5.59. The highest BCUT2D eigenvalue weighted by atomic mass is 16.5. The van der Waals surface area contributed by atoms with Crippen LogP contribution >= 0.6 is 0 Å². The second kappa shape index (κ2) is 11.3. The first kappa shape index (κ1) is 26.1. The van der Waals surface area contributed by atoms with Crippen molar-refractivity contribution in [3.05, 3.63) is 58.7 Å². The van der Waals surface area contributed by atoms with Crippen LogP contribution in [0.15, 0.2) is 42.0 Å². The molecule has 1 amide bonds. The number of aromatic hydroxyl groups is 1. The molecule has 1 aliphatic heterocycles. The molecule has 0 radical (unpaired) electrons. The van der Waals surface area contributed by atoms with Gasteiger partial charge in [0.25, 0.3) is 11.7 Å². The Kier molecular flexibility index (Phi) is 8.40. The molecular weight excluding hydrogens is 450 g/mol. The van der Waals surface area contributed by atoms with Gasteiger partial charge in [0.1, 0.15) is 11.5 Å². The van der Waals surface area contributed by atoms with E-state index in [0.29, 0.717) is 41.6 Å². The second-order valence-electron chi connectivity index (χ2n) is 8.83. The zero-order valence-electron chi connectivity index (χ0n) is 20.8. The number of ketones is 1. The van der Waals surface area contributed by atoms with E-state index in [2.05, 4.69) is 13.8 Å². The first-order chi connectivity index (χ1) is 16.7. The van der Waals surface area contributed by atoms with Gasteiger partial charge in [-0.05, 0) is 61.2 Å². The molecule has 0 aliphatic carbocycles. The summed E-state index contributed by atoms with van der Waals surface area (Å²) in [5, 5.41) is 21.5. The molecule has 1 heterocycles. The van der Waals surface area contributed by atoms with Crippen molar-refractivity contribution < 1.29 is 34.0 Å². The number of Topliss-reactive ketones (excluding diaryl/α,β-unsaturated/α-hetero) is 1. The highest BCUT2D eigenvalue weighted by molar-refractivity contribution is 6.46. The summed E-state index contributed by atoms with van der Waals surface area (Å²) >= 11 is 0. The number of rotatable bonds is 10. The fourth-order valence-electron chi connectivity index (χ4n) is 4.02. The smallest absolute Gasteiger partial charge is 0.295 e. The quantitative estimate of drug-likeness (QED) is 0.296. The number of amides is 1. The lowest BCUT2D eigenvalue weighted by atomic mass is 9.93. The van der Waals surface area contributed by atoms with Crippen LogP contribution in [-0.2, 0) is 14.3 Å². The Morgan fingerprint density at radius 3 is 2.49 bits per heavy atom. The molecule has 0 bridgehead atoms. The summed E-state index contributed by atoms with van der Waals surface area (Å²) < 4.78 is 16.4. The van der Waals surface area contributed by atoms with E-state index in [-0.39, 0.29) is 36.0 Å². The first-order valence-corrected chi connectivity index (χ1v) is 11.7. The van der Waals surface area contributed by atoms with Gasteiger partial charge in [0.2, 0.25) is 0 Å². The van der Waals surface area contributed by atoms with Crippen molar-refractivity contribution in [3.8, 4) is 17.2 Å². The molecule has 35 heavy (non-hydrogen) atoms. The molecule has 188 valence electrons. The van der Waals surface area contributed by atoms with Gasteiger partial charge in [0, 0.05) is 19.2 Å². The number of hydrogen-bond acceptors (Lipinski definition) is 7. The maximum atomic E-state index is 13.2. The summed E-state index contributed by atoms with van der Waals surface area (Å²) in [4.78, 5) is 27.5. The summed E-state index contributed by atoms with van der Waals surface area (Å²) in [6, 6.07) is 8.97. The second-order valence-corrected chi connectivity index (χ2v) is 8.83. The zero-order valence-corrected chi connectivity index (χ0v) is 20.8. The summed E-state index contributed by atoms with van der Waals surface area (Å²) in [5.41, 5.74) is 1.63. The van der Waals surface area contributed by atoms with E-state index >= 15 is 0 Å². The van der Waals surface area contributed by atoms with E-state index in [1.807, 2.05) is 0 Å². The maximum Gasteiger partial charge on any atom is 0.295 e. The number of ether oxygens (including phenoxy) is 3. The van der Waals surface area contributed by atoms with Gasteiger partial charge in [0.15, 0.2) is 11.5 Å². The molecule has 0 aromatic heterocycles. The van der Waals surface area contributed by atoms with Gasteiger partial charge >= 0.3 is 0 Å². The largest absolute Gasteiger partial charge is 0.507 e. The molecule has 3 rings (SSSR count). The van der Waals surface area contributed by atoms with Gasteiger partial charge in [-0.3, -0.25) is 9.59 Å². The van der Waals surface area contributed by atoms with E-state index in [0.717, 1.165) is 0 Å². The number of aryl methyl sites for hydroxylation is 1. The fraction of sp³-hybridized carbons (Fsp3) is 0.407. The molecule has 1 fully saturated rings. The van der Waals surface area contributed by atoms with Crippen LogP contribution in [0.25, 0.3) is 5.76 Å². The molecule has 1 saturated heterocycles. The topological polar surface area (TPSA) is 106 Å². The normalized spacial score (nSPS) is 17.3. The van der Waals surface area contributed by atoms with Crippen LogP contribution in [0, 0.1) is 12.8 Å². The SMILES string of the molecule is CCOc1cc(C2/C(=C(/O)c3ccc(OCC(C)C)cc3C)C(=O)C(=O)N2CCOC)ccc1O. The predicted octanol–water partition coefficient (Wildman–Crippen LogP) is 4.20. The Morgan fingerprint density at radius 1 is 1.11 bits per heavy atom. The lowest BCUT2D eigenvalue weighted by molar-refractivity contribution is -0.140. The Hall–Kier alpha value is -3.52. The van der Waals surface area contributed by atoms with Gasteiger partial charge in [-0.25, -0.2) is 0 Å². The predicted molar refractivity (Wildman–Crippen MR) is 132 cm³/mol. The van der Waals surface area contributed by atoms with E-state index in [4.69, 9.17) is 14.2 Å². The van der Waals surface area contributed by atoms with Crippen LogP contribution in [-0.4, -0.2) is 60.3 Å². The van der Waals surface area contributed by atoms with Gasteiger partial charge < -0.3 is 29.3 Å². The number of benzene rings is 2. The number of aliphatic hydroxyl groups excluding tert-OH is 1. The fourth-order valence-corrected chi connectivity index (χ4v) is 4.02. The van der Waals surface area contributed by atoms with Crippen molar-refractivity contribution in [2.45, 2.75) is 33.7 Å². The van der Waals surface area contributed by atoms with Crippen molar-refractivity contribution in [1.29, 1.82) is 0 Å². The minimum Gasteiger partial charge on any atom is -0.507 e. The van der Waals surface area contributed by atoms with E-state index < -0.39 is 17.7 Å². The van der Waals surface area contributed by atoms with E-state index in [1.165, 1.54) is 18.1 Å². The maximum absolute atomic E-state index is 13.2. The highest BCUT2D eigenvalue weighted by Gasteiger charge is 2.46. The minimum absolute atomic E-state index is 0.0295. The van der Waals surface area contributed by atoms with Gasteiger partial charge in [-0.15, -0.1) is 0 Å². The summed E-state index contributed by atoms with van der Waals surface area (Å²) in [6.45, 7) is 8.93. The third-order valence-corrected chi connectivity index (χ3v) is 5.71. The summed E-state index contributed by atoms with van der Waals surface area (Å²) in [6.07, 6.45) is 0. The number of carbonyl (C=O) groups excluding carboxylic acids is 2. The van der Waals surface area contributed by atoms with Crippen molar-refractivity contribution in [2.24, 2.45) is 5.92 Å². The van der Waals surface area contributed by atoms with Crippen LogP contribution < -0.4 is 9.47 Å². The average Bonchev–Trinajstić information content (AvgIpc) is 3.07. The number of hydrogen-bond donors (Lipinski definition) is 2. The molecule has 2 aromatic rings. The van der Waals surface area contributed by atoms with Crippen molar-refractivity contribution >= 4 is 17.4 Å². The van der Waals surface area contributed by atoms with Crippen molar-refractivity contribution in [2.75, 3.05) is 33.5 Å².